The molecule has 0 saturated heterocycles. The topological polar surface area (TPSA) is 55.5 Å². The van der Waals surface area contributed by atoms with Crippen LogP contribution in [-0.2, 0) is 11.2 Å². The molecular weight excluding hydrogens is 308 g/mol. The van der Waals surface area contributed by atoms with Gasteiger partial charge in [-0.15, -0.1) is 0 Å². The quantitative estimate of drug-likeness (QED) is 0.661. The molecule has 25 heavy (non-hydrogen) atoms. The van der Waals surface area contributed by atoms with Crippen molar-refractivity contribution in [3.05, 3.63) is 47.0 Å². The Morgan fingerprint density at radius 1 is 1.28 bits per heavy atom. The number of carbonyl (C=O) groups excluding carboxylic acids is 1. The SMILES string of the molecule is CC1=C(C)C2(C)C(/C=N\C(=O)[C@@H](N)Cc3ccccc3)CC1(C)C2C. The number of aliphatic imine (C=N–C) groups is 1. The summed E-state index contributed by atoms with van der Waals surface area (Å²) in [7, 11) is 0. The van der Waals surface area contributed by atoms with Crippen LogP contribution in [0.4, 0.5) is 0 Å². The number of amides is 1. The lowest BCUT2D eigenvalue weighted by molar-refractivity contribution is -0.118. The minimum absolute atomic E-state index is 0.103. The number of nitrogens with zero attached hydrogens (tertiary/aromatic N) is 1. The molecule has 0 aromatic heterocycles. The summed E-state index contributed by atoms with van der Waals surface area (Å²) in [6.07, 6.45) is 3.49. The lowest BCUT2D eigenvalue weighted by Crippen LogP contribution is -2.33. The molecule has 0 radical (unpaired) electrons. The van der Waals surface area contributed by atoms with Gasteiger partial charge in [0, 0.05) is 12.1 Å². The fraction of sp³-hybridized carbons (Fsp3) is 0.545. The van der Waals surface area contributed by atoms with Gasteiger partial charge in [0.2, 0.25) is 0 Å². The summed E-state index contributed by atoms with van der Waals surface area (Å²) in [5, 5.41) is 0. The molecule has 0 spiro atoms. The largest absolute Gasteiger partial charge is 0.320 e. The predicted octanol–water partition coefficient (Wildman–Crippen LogP) is 4.17. The lowest BCUT2D eigenvalue weighted by atomic mass is 9.71. The maximum Gasteiger partial charge on any atom is 0.262 e. The molecule has 1 aromatic carbocycles. The molecule has 3 rings (SSSR count). The van der Waals surface area contributed by atoms with Gasteiger partial charge in [0.1, 0.15) is 0 Å². The normalized spacial score (nSPS) is 35.6. The Bertz CT molecular complexity index is 736. The van der Waals surface area contributed by atoms with E-state index in [0.29, 0.717) is 18.3 Å². The summed E-state index contributed by atoms with van der Waals surface area (Å²) in [5.74, 6) is 0.667. The fourth-order valence-electron chi connectivity index (χ4n) is 5.16. The Morgan fingerprint density at radius 3 is 2.48 bits per heavy atom. The van der Waals surface area contributed by atoms with Crippen LogP contribution in [-0.4, -0.2) is 18.2 Å². The minimum Gasteiger partial charge on any atom is -0.320 e. The number of hydrogen-bond acceptors (Lipinski definition) is 2. The van der Waals surface area contributed by atoms with Crippen LogP contribution in [0.5, 0.6) is 0 Å². The number of benzene rings is 1. The van der Waals surface area contributed by atoms with Crippen molar-refractivity contribution in [1.29, 1.82) is 0 Å². The van der Waals surface area contributed by atoms with Crippen molar-refractivity contribution in [2.75, 3.05) is 0 Å². The average Bonchev–Trinajstić information content (AvgIpc) is 2.87. The van der Waals surface area contributed by atoms with E-state index in [-0.39, 0.29) is 16.7 Å². The van der Waals surface area contributed by atoms with Crippen molar-refractivity contribution in [2.24, 2.45) is 33.4 Å². The zero-order chi connectivity index (χ0) is 18.4. The van der Waals surface area contributed by atoms with E-state index in [9.17, 15) is 4.79 Å². The zero-order valence-corrected chi connectivity index (χ0v) is 16.0. The van der Waals surface area contributed by atoms with Crippen molar-refractivity contribution in [3.63, 3.8) is 0 Å². The summed E-state index contributed by atoms with van der Waals surface area (Å²) in [4.78, 5) is 16.7. The van der Waals surface area contributed by atoms with Crippen molar-refractivity contribution >= 4 is 12.1 Å². The first-order valence-corrected chi connectivity index (χ1v) is 9.27. The van der Waals surface area contributed by atoms with E-state index in [0.717, 1.165) is 12.0 Å². The van der Waals surface area contributed by atoms with Gasteiger partial charge in [-0.25, -0.2) is 4.99 Å². The fourth-order valence-corrected chi connectivity index (χ4v) is 5.16. The van der Waals surface area contributed by atoms with Crippen molar-refractivity contribution < 1.29 is 4.79 Å². The molecule has 3 heteroatoms. The van der Waals surface area contributed by atoms with Crippen LogP contribution in [0.15, 0.2) is 46.5 Å². The predicted molar refractivity (Wildman–Crippen MR) is 103 cm³/mol. The molecule has 0 heterocycles. The Hall–Kier alpha value is -1.74. The van der Waals surface area contributed by atoms with Crippen LogP contribution >= 0.6 is 0 Å². The summed E-state index contributed by atoms with van der Waals surface area (Å²) < 4.78 is 0. The van der Waals surface area contributed by atoms with E-state index >= 15 is 0 Å². The average molecular weight is 338 g/mol. The molecule has 2 aliphatic rings. The number of nitrogens with two attached hydrogens (primary N) is 1. The van der Waals surface area contributed by atoms with Gasteiger partial charge < -0.3 is 5.73 Å². The third-order valence-corrected chi connectivity index (χ3v) is 7.49. The van der Waals surface area contributed by atoms with Gasteiger partial charge in [0.25, 0.3) is 5.91 Å². The van der Waals surface area contributed by atoms with Crippen LogP contribution in [0.3, 0.4) is 0 Å². The van der Waals surface area contributed by atoms with Gasteiger partial charge in [-0.2, -0.15) is 0 Å². The Morgan fingerprint density at radius 2 is 1.92 bits per heavy atom. The van der Waals surface area contributed by atoms with E-state index < -0.39 is 6.04 Å². The summed E-state index contributed by atoms with van der Waals surface area (Å²) in [5.41, 5.74) is 10.5. The van der Waals surface area contributed by atoms with Crippen LogP contribution < -0.4 is 5.73 Å². The third-order valence-electron chi connectivity index (χ3n) is 7.49. The third kappa shape index (κ3) is 2.69. The molecule has 5 atom stereocenters. The summed E-state index contributed by atoms with van der Waals surface area (Å²) in [6.45, 7) is 11.6. The van der Waals surface area contributed by atoms with E-state index in [4.69, 9.17) is 5.73 Å². The van der Waals surface area contributed by atoms with Crippen LogP contribution in [0.25, 0.3) is 0 Å². The molecule has 0 aliphatic heterocycles. The van der Waals surface area contributed by atoms with E-state index in [1.54, 1.807) is 0 Å². The summed E-state index contributed by atoms with van der Waals surface area (Å²) >= 11 is 0. The molecule has 1 saturated carbocycles. The van der Waals surface area contributed by atoms with E-state index in [1.807, 2.05) is 36.5 Å². The molecule has 1 aromatic rings. The molecule has 1 amide bonds. The Kier molecular flexibility index (Phi) is 4.48. The Labute approximate surface area is 151 Å². The highest BCUT2D eigenvalue weighted by Crippen LogP contribution is 2.69. The van der Waals surface area contributed by atoms with Gasteiger partial charge in [-0.3, -0.25) is 4.79 Å². The zero-order valence-electron chi connectivity index (χ0n) is 16.0. The van der Waals surface area contributed by atoms with Gasteiger partial charge >= 0.3 is 0 Å². The van der Waals surface area contributed by atoms with Crippen molar-refractivity contribution in [3.8, 4) is 0 Å². The number of rotatable bonds is 4. The standard InChI is InChI=1S/C22H30N2O/c1-14-15(2)22(5)16(3)21(14,4)12-18(22)13-24-20(25)19(23)11-17-9-7-6-8-10-17/h6-10,13,16,18-19H,11-12,23H2,1-5H3/b24-13-/t16?,18?,19-,21?,22?/m0/s1. The molecular formula is C22H30N2O. The summed E-state index contributed by atoms with van der Waals surface area (Å²) in [6, 6.07) is 9.30. The smallest absolute Gasteiger partial charge is 0.262 e. The number of carbonyl (C=O) groups is 1. The van der Waals surface area contributed by atoms with E-state index in [2.05, 4.69) is 39.6 Å². The second kappa shape index (κ2) is 6.21. The maximum atomic E-state index is 12.4. The number of fused-ring (bicyclic) bond motifs is 2. The molecule has 4 unspecified atom stereocenters. The molecule has 2 N–H and O–H groups in total. The second-order valence-electron chi connectivity index (χ2n) is 8.40. The first kappa shape index (κ1) is 18.1. The highest BCUT2D eigenvalue weighted by atomic mass is 16.1. The molecule has 2 aliphatic carbocycles. The van der Waals surface area contributed by atoms with Crippen LogP contribution in [0.2, 0.25) is 0 Å². The first-order valence-electron chi connectivity index (χ1n) is 9.27. The first-order chi connectivity index (χ1) is 11.7. The maximum absolute atomic E-state index is 12.4. The molecule has 2 bridgehead atoms. The Balaban J connectivity index is 1.72. The lowest BCUT2D eigenvalue weighted by Gasteiger charge is -2.33. The van der Waals surface area contributed by atoms with Gasteiger partial charge in [-0.1, -0.05) is 62.2 Å². The number of hydrogen-bond donors (Lipinski definition) is 1. The molecule has 1 fully saturated rings. The molecule has 3 nitrogen and oxygen atoms in total. The number of allylic oxidation sites excluding steroid dienone is 2. The van der Waals surface area contributed by atoms with Gasteiger partial charge in [-0.05, 0) is 49.0 Å². The van der Waals surface area contributed by atoms with Crippen LogP contribution in [0, 0.1) is 22.7 Å². The van der Waals surface area contributed by atoms with Gasteiger partial charge in [0.05, 0.1) is 6.04 Å². The second-order valence-corrected chi connectivity index (χ2v) is 8.40. The van der Waals surface area contributed by atoms with Gasteiger partial charge in [0.15, 0.2) is 0 Å². The monoisotopic (exact) mass is 338 g/mol. The highest BCUT2D eigenvalue weighted by molar-refractivity contribution is 5.90. The molecule has 134 valence electrons. The minimum atomic E-state index is -0.573. The van der Waals surface area contributed by atoms with Crippen molar-refractivity contribution in [1.82, 2.24) is 0 Å². The van der Waals surface area contributed by atoms with Crippen LogP contribution in [0.1, 0.15) is 46.6 Å². The highest BCUT2D eigenvalue weighted by Gasteiger charge is 2.61. The van der Waals surface area contributed by atoms with Crippen molar-refractivity contribution in [2.45, 2.75) is 53.5 Å². The van der Waals surface area contributed by atoms with E-state index in [1.165, 1.54) is 11.1 Å².